The van der Waals surface area contributed by atoms with Crippen LogP contribution < -0.4 is 5.32 Å². The summed E-state index contributed by atoms with van der Waals surface area (Å²) in [5, 5.41) is 11.8. The third-order valence-corrected chi connectivity index (χ3v) is 4.14. The Morgan fingerprint density at radius 3 is 2.75 bits per heavy atom. The molecule has 0 saturated heterocycles. The highest BCUT2D eigenvalue weighted by Gasteiger charge is 2.28. The Morgan fingerprint density at radius 2 is 2.04 bits per heavy atom. The number of nitrogens with zero attached hydrogens (tertiary/aromatic N) is 4. The summed E-state index contributed by atoms with van der Waals surface area (Å²) in [7, 11) is 0. The van der Waals surface area contributed by atoms with E-state index in [9.17, 15) is 4.79 Å². The predicted molar refractivity (Wildman–Crippen MR) is 90.1 cm³/mol. The first-order valence-corrected chi connectivity index (χ1v) is 8.22. The minimum Gasteiger partial charge on any atom is -0.349 e. The lowest BCUT2D eigenvalue weighted by Gasteiger charge is -2.08. The third kappa shape index (κ3) is 3.08. The number of carbonyl (C=O) groups is 1. The fraction of sp³-hybridized carbons (Fsp3) is 0.278. The molecule has 0 bridgehead atoms. The van der Waals surface area contributed by atoms with Gasteiger partial charge in [0.15, 0.2) is 0 Å². The van der Waals surface area contributed by atoms with Crippen LogP contribution in [0, 0.1) is 0 Å². The first-order chi connectivity index (χ1) is 11.8. The van der Waals surface area contributed by atoms with E-state index in [4.69, 9.17) is 0 Å². The van der Waals surface area contributed by atoms with Crippen LogP contribution >= 0.6 is 0 Å². The second-order valence-electron chi connectivity index (χ2n) is 6.00. The first-order valence-electron chi connectivity index (χ1n) is 8.22. The Balaban J connectivity index is 1.53. The molecule has 1 saturated carbocycles. The number of hydrogen-bond acceptors (Lipinski definition) is 3. The molecule has 2 aromatic heterocycles. The van der Waals surface area contributed by atoms with Crippen molar-refractivity contribution in [3.8, 4) is 5.69 Å². The van der Waals surface area contributed by atoms with Crippen molar-refractivity contribution in [2.24, 2.45) is 0 Å². The fourth-order valence-electron chi connectivity index (χ4n) is 2.71. The maximum Gasteiger partial charge on any atom is 0.270 e. The zero-order valence-electron chi connectivity index (χ0n) is 13.3. The number of carbonyl (C=O) groups excluding carboxylic acids is 1. The minimum absolute atomic E-state index is 0.106. The molecule has 0 unspecified atom stereocenters. The molecular formula is C18H19N5O. The van der Waals surface area contributed by atoms with Gasteiger partial charge in [-0.2, -0.15) is 10.2 Å². The molecule has 2 heterocycles. The number of aromatic nitrogens is 4. The lowest BCUT2D eigenvalue weighted by molar-refractivity contribution is 0.0944. The highest BCUT2D eigenvalue weighted by atomic mass is 16.2. The van der Waals surface area contributed by atoms with Crippen LogP contribution in [0.25, 0.3) is 5.69 Å². The molecule has 1 aromatic carbocycles. The molecule has 0 aliphatic heterocycles. The van der Waals surface area contributed by atoms with Gasteiger partial charge < -0.3 is 5.32 Å². The van der Waals surface area contributed by atoms with E-state index in [0.29, 0.717) is 24.7 Å². The van der Waals surface area contributed by atoms with Crippen molar-refractivity contribution in [2.75, 3.05) is 6.54 Å². The zero-order chi connectivity index (χ0) is 16.4. The summed E-state index contributed by atoms with van der Waals surface area (Å²) in [4.78, 5) is 12.6. The first kappa shape index (κ1) is 14.7. The smallest absolute Gasteiger partial charge is 0.270 e. The molecule has 6 nitrogen and oxygen atoms in total. The predicted octanol–water partition coefficient (Wildman–Crippen LogP) is 2.38. The molecule has 1 aliphatic rings. The Labute approximate surface area is 140 Å². The molecule has 1 amide bonds. The second kappa shape index (κ2) is 6.31. The van der Waals surface area contributed by atoms with Gasteiger partial charge in [0.25, 0.3) is 5.91 Å². The van der Waals surface area contributed by atoms with E-state index >= 15 is 0 Å². The summed E-state index contributed by atoms with van der Waals surface area (Å²) >= 11 is 0. The molecule has 6 heteroatoms. The molecular weight excluding hydrogens is 302 g/mol. The number of hydrogen-bond donors (Lipinski definition) is 1. The van der Waals surface area contributed by atoms with Gasteiger partial charge in [-0.05, 0) is 37.1 Å². The van der Waals surface area contributed by atoms with Crippen LogP contribution in [0.2, 0.25) is 0 Å². The van der Waals surface area contributed by atoms with Gasteiger partial charge in [0.05, 0.1) is 17.9 Å². The van der Waals surface area contributed by atoms with E-state index in [1.54, 1.807) is 15.6 Å². The van der Waals surface area contributed by atoms with Crippen LogP contribution in [0.5, 0.6) is 0 Å². The van der Waals surface area contributed by atoms with Crippen molar-refractivity contribution in [3.05, 3.63) is 66.2 Å². The summed E-state index contributed by atoms with van der Waals surface area (Å²) < 4.78 is 3.54. The molecule has 1 aliphatic carbocycles. The van der Waals surface area contributed by atoms with Crippen molar-refractivity contribution >= 4 is 5.91 Å². The van der Waals surface area contributed by atoms with Crippen molar-refractivity contribution in [3.63, 3.8) is 0 Å². The van der Waals surface area contributed by atoms with Crippen molar-refractivity contribution in [1.82, 2.24) is 24.9 Å². The molecule has 122 valence electrons. The Kier molecular flexibility index (Phi) is 3.86. The molecule has 0 spiro atoms. The van der Waals surface area contributed by atoms with Gasteiger partial charge in [0.1, 0.15) is 5.69 Å². The molecule has 1 N–H and O–H groups in total. The van der Waals surface area contributed by atoms with E-state index in [0.717, 1.165) is 24.2 Å². The summed E-state index contributed by atoms with van der Waals surface area (Å²) in [6, 6.07) is 13.6. The van der Waals surface area contributed by atoms with Crippen molar-refractivity contribution < 1.29 is 4.79 Å². The topological polar surface area (TPSA) is 64.7 Å². The molecule has 0 radical (unpaired) electrons. The number of benzene rings is 1. The average Bonchev–Trinajstić information content (AvgIpc) is 3.16. The lowest BCUT2D eigenvalue weighted by atomic mass is 10.2. The highest BCUT2D eigenvalue weighted by Crippen LogP contribution is 2.39. The van der Waals surface area contributed by atoms with Crippen LogP contribution in [-0.2, 0) is 6.54 Å². The SMILES string of the molecule is O=C(NCCn1cccn1)c1cc(C2CC2)nn1-c1ccccc1. The van der Waals surface area contributed by atoms with Gasteiger partial charge in [-0.1, -0.05) is 18.2 Å². The number of amides is 1. The van der Waals surface area contributed by atoms with E-state index < -0.39 is 0 Å². The van der Waals surface area contributed by atoms with Gasteiger partial charge in [0.2, 0.25) is 0 Å². The monoisotopic (exact) mass is 321 g/mol. The Bertz CT molecular complexity index is 818. The van der Waals surface area contributed by atoms with Crippen LogP contribution in [-0.4, -0.2) is 32.0 Å². The van der Waals surface area contributed by atoms with E-state index in [1.807, 2.05) is 48.7 Å². The number of rotatable bonds is 6. The van der Waals surface area contributed by atoms with E-state index in [2.05, 4.69) is 15.5 Å². The summed E-state index contributed by atoms with van der Waals surface area (Å²) in [6.45, 7) is 1.17. The van der Waals surface area contributed by atoms with Gasteiger partial charge >= 0.3 is 0 Å². The van der Waals surface area contributed by atoms with Crippen molar-refractivity contribution in [2.45, 2.75) is 25.3 Å². The van der Waals surface area contributed by atoms with Crippen LogP contribution in [0.4, 0.5) is 0 Å². The largest absolute Gasteiger partial charge is 0.349 e. The Hall–Kier alpha value is -2.89. The van der Waals surface area contributed by atoms with Gasteiger partial charge in [0, 0.05) is 24.9 Å². The minimum atomic E-state index is -0.106. The molecule has 3 aromatic rings. The maximum atomic E-state index is 12.6. The standard InChI is InChI=1S/C18H19N5O/c24-18(19-10-12-22-11-4-9-20-22)17-13-16(14-7-8-14)21-23(17)15-5-2-1-3-6-15/h1-6,9,11,13-14H,7-8,10,12H2,(H,19,24). The average molecular weight is 321 g/mol. The lowest BCUT2D eigenvalue weighted by Crippen LogP contribution is -2.29. The molecule has 1 fully saturated rings. The second-order valence-corrected chi connectivity index (χ2v) is 6.00. The molecule has 24 heavy (non-hydrogen) atoms. The Morgan fingerprint density at radius 1 is 1.21 bits per heavy atom. The van der Waals surface area contributed by atoms with Crippen LogP contribution in [0.3, 0.4) is 0 Å². The number of nitrogens with one attached hydrogen (secondary N) is 1. The summed E-state index contributed by atoms with van der Waals surface area (Å²) in [5.74, 6) is 0.399. The summed E-state index contributed by atoms with van der Waals surface area (Å²) in [5.41, 5.74) is 2.50. The van der Waals surface area contributed by atoms with Gasteiger partial charge in [-0.25, -0.2) is 4.68 Å². The zero-order valence-corrected chi connectivity index (χ0v) is 13.3. The van der Waals surface area contributed by atoms with Gasteiger partial charge in [-0.15, -0.1) is 0 Å². The van der Waals surface area contributed by atoms with Crippen LogP contribution in [0.1, 0.15) is 34.9 Å². The normalized spacial score (nSPS) is 13.8. The van der Waals surface area contributed by atoms with E-state index in [-0.39, 0.29) is 5.91 Å². The molecule has 0 atom stereocenters. The highest BCUT2D eigenvalue weighted by molar-refractivity contribution is 5.93. The molecule has 4 rings (SSSR count). The fourth-order valence-corrected chi connectivity index (χ4v) is 2.71. The van der Waals surface area contributed by atoms with Crippen LogP contribution in [0.15, 0.2) is 54.9 Å². The summed E-state index contributed by atoms with van der Waals surface area (Å²) in [6.07, 6.45) is 5.93. The number of para-hydroxylation sites is 1. The van der Waals surface area contributed by atoms with Crippen molar-refractivity contribution in [1.29, 1.82) is 0 Å². The third-order valence-electron chi connectivity index (χ3n) is 4.14. The van der Waals surface area contributed by atoms with Gasteiger partial charge in [-0.3, -0.25) is 9.48 Å². The van der Waals surface area contributed by atoms with E-state index in [1.165, 1.54) is 0 Å². The quantitative estimate of drug-likeness (QED) is 0.758. The maximum absolute atomic E-state index is 12.6.